The predicted octanol–water partition coefficient (Wildman–Crippen LogP) is 1.23. The average molecular weight is 307 g/mol. The number of carbonyl (C=O) groups is 1. The normalized spacial score (nSPS) is 38.8. The second kappa shape index (κ2) is 6.18. The van der Waals surface area contributed by atoms with Crippen LogP contribution in [-0.4, -0.2) is 42.9 Å². The fourth-order valence-electron chi connectivity index (χ4n) is 3.04. The molecule has 1 saturated heterocycles. The van der Waals surface area contributed by atoms with E-state index in [4.69, 9.17) is 15.2 Å². The van der Waals surface area contributed by atoms with E-state index < -0.39 is 5.54 Å². The molecule has 118 valence electrons. The van der Waals surface area contributed by atoms with Gasteiger partial charge in [0.05, 0.1) is 18.2 Å². The summed E-state index contributed by atoms with van der Waals surface area (Å²) in [6, 6.07) is 0.0786. The number of rotatable bonds is 4. The second-order valence-corrected chi connectivity index (χ2v) is 6.29. The summed E-state index contributed by atoms with van der Waals surface area (Å²) in [6.07, 6.45) is 1.57. The lowest BCUT2D eigenvalue weighted by Gasteiger charge is -2.57. The molecule has 0 aromatic rings. The lowest BCUT2D eigenvalue weighted by molar-refractivity contribution is -0.171. The number of carbonyl (C=O) groups excluding carboxylic acids is 1. The van der Waals surface area contributed by atoms with Gasteiger partial charge in [-0.25, -0.2) is 0 Å². The minimum Gasteiger partial charge on any atom is -0.378 e. The first-order valence-corrected chi connectivity index (χ1v) is 7.16. The monoisotopic (exact) mass is 306 g/mol. The molecule has 1 amide bonds. The molecular weight excluding hydrogens is 280 g/mol. The highest BCUT2D eigenvalue weighted by molar-refractivity contribution is 5.89. The van der Waals surface area contributed by atoms with Crippen LogP contribution in [-0.2, 0) is 14.3 Å². The van der Waals surface area contributed by atoms with Gasteiger partial charge in [-0.2, -0.15) is 0 Å². The van der Waals surface area contributed by atoms with Crippen molar-refractivity contribution >= 4 is 18.3 Å². The minimum atomic E-state index is -0.838. The Balaban J connectivity index is 0.00000200. The number of nitrogens with one attached hydrogen (secondary N) is 1. The largest absolute Gasteiger partial charge is 0.378 e. The van der Waals surface area contributed by atoms with E-state index in [0.29, 0.717) is 19.6 Å². The number of ether oxygens (including phenoxy) is 2. The Morgan fingerprint density at radius 2 is 2.15 bits per heavy atom. The van der Waals surface area contributed by atoms with Crippen LogP contribution in [0.2, 0.25) is 0 Å². The van der Waals surface area contributed by atoms with Crippen LogP contribution in [0.1, 0.15) is 40.5 Å². The van der Waals surface area contributed by atoms with Crippen LogP contribution in [0.4, 0.5) is 0 Å². The molecule has 1 aliphatic heterocycles. The van der Waals surface area contributed by atoms with Gasteiger partial charge in [0.2, 0.25) is 5.91 Å². The van der Waals surface area contributed by atoms with Gasteiger partial charge in [0.15, 0.2) is 0 Å². The quantitative estimate of drug-likeness (QED) is 0.819. The van der Waals surface area contributed by atoms with Crippen molar-refractivity contribution in [3.63, 3.8) is 0 Å². The third kappa shape index (κ3) is 2.69. The molecule has 2 aliphatic rings. The van der Waals surface area contributed by atoms with Crippen molar-refractivity contribution < 1.29 is 14.3 Å². The van der Waals surface area contributed by atoms with Crippen LogP contribution < -0.4 is 11.1 Å². The van der Waals surface area contributed by atoms with Crippen molar-refractivity contribution in [2.45, 2.75) is 64.3 Å². The van der Waals surface area contributed by atoms with Crippen molar-refractivity contribution in [1.29, 1.82) is 0 Å². The summed E-state index contributed by atoms with van der Waals surface area (Å²) in [4.78, 5) is 12.5. The van der Waals surface area contributed by atoms with Gasteiger partial charge in [-0.05, 0) is 20.3 Å². The summed E-state index contributed by atoms with van der Waals surface area (Å²) in [6.45, 7) is 9.31. The zero-order chi connectivity index (χ0) is 14.3. The van der Waals surface area contributed by atoms with Gasteiger partial charge < -0.3 is 20.5 Å². The van der Waals surface area contributed by atoms with Crippen molar-refractivity contribution in [1.82, 2.24) is 5.32 Å². The molecule has 1 aliphatic carbocycles. The molecule has 4 unspecified atom stereocenters. The summed E-state index contributed by atoms with van der Waals surface area (Å²) >= 11 is 0. The predicted molar refractivity (Wildman–Crippen MR) is 79.9 cm³/mol. The molecular formula is C14H27ClN2O3. The first-order chi connectivity index (χ1) is 8.83. The third-order valence-electron chi connectivity index (χ3n) is 4.93. The van der Waals surface area contributed by atoms with Gasteiger partial charge in [0.1, 0.15) is 5.54 Å². The van der Waals surface area contributed by atoms with E-state index in [2.05, 4.69) is 5.32 Å². The van der Waals surface area contributed by atoms with Gasteiger partial charge in [-0.3, -0.25) is 4.79 Å². The maximum atomic E-state index is 12.5. The first kappa shape index (κ1) is 17.7. The maximum absolute atomic E-state index is 12.5. The molecule has 1 saturated carbocycles. The number of hydrogen-bond acceptors (Lipinski definition) is 4. The molecule has 3 N–H and O–H groups in total. The van der Waals surface area contributed by atoms with Crippen LogP contribution in [0, 0.1) is 5.41 Å². The van der Waals surface area contributed by atoms with Crippen LogP contribution in [0.5, 0.6) is 0 Å². The number of hydrogen-bond donors (Lipinski definition) is 2. The molecule has 2 fully saturated rings. The fraction of sp³-hybridized carbons (Fsp3) is 0.929. The number of nitrogens with two attached hydrogens (primary N) is 1. The smallest absolute Gasteiger partial charge is 0.241 e. The lowest BCUT2D eigenvalue weighted by Crippen LogP contribution is -2.76. The van der Waals surface area contributed by atoms with Crippen LogP contribution in [0.3, 0.4) is 0 Å². The van der Waals surface area contributed by atoms with E-state index in [-0.39, 0.29) is 42.0 Å². The molecule has 6 heteroatoms. The number of amides is 1. The van der Waals surface area contributed by atoms with Gasteiger partial charge in [0, 0.05) is 25.0 Å². The molecule has 1 heterocycles. The standard InChI is InChI=1S/C14H26N2O3.ClH/c1-5-18-11-8-14(15,13(11,3)4)12(17)16-10-6-7-19-9(10)2;/h9-11H,5-8,15H2,1-4H3,(H,16,17);1H. The average Bonchev–Trinajstić information content (AvgIpc) is 2.74. The molecule has 4 atom stereocenters. The Hall–Kier alpha value is -0.360. The van der Waals surface area contributed by atoms with Crippen LogP contribution in [0.15, 0.2) is 0 Å². The summed E-state index contributed by atoms with van der Waals surface area (Å²) in [7, 11) is 0. The molecule has 20 heavy (non-hydrogen) atoms. The zero-order valence-corrected chi connectivity index (χ0v) is 13.6. The molecule has 0 aromatic carbocycles. The van der Waals surface area contributed by atoms with E-state index in [1.165, 1.54) is 0 Å². The summed E-state index contributed by atoms with van der Waals surface area (Å²) in [5.74, 6) is -0.0733. The van der Waals surface area contributed by atoms with Crippen molar-refractivity contribution in [2.75, 3.05) is 13.2 Å². The Morgan fingerprint density at radius 3 is 2.60 bits per heavy atom. The highest BCUT2D eigenvalue weighted by atomic mass is 35.5. The Labute approximate surface area is 127 Å². The van der Waals surface area contributed by atoms with Crippen LogP contribution >= 0.6 is 12.4 Å². The van der Waals surface area contributed by atoms with Crippen molar-refractivity contribution in [2.24, 2.45) is 11.1 Å². The van der Waals surface area contributed by atoms with E-state index in [9.17, 15) is 4.79 Å². The van der Waals surface area contributed by atoms with Gasteiger partial charge in [-0.1, -0.05) is 13.8 Å². The topological polar surface area (TPSA) is 73.6 Å². The fourth-order valence-corrected chi connectivity index (χ4v) is 3.04. The summed E-state index contributed by atoms with van der Waals surface area (Å²) < 4.78 is 11.1. The molecule has 0 spiro atoms. The Kier molecular flexibility index (Phi) is 5.46. The Bertz CT molecular complexity index is 364. The first-order valence-electron chi connectivity index (χ1n) is 7.16. The van der Waals surface area contributed by atoms with Gasteiger partial charge in [0.25, 0.3) is 0 Å². The van der Waals surface area contributed by atoms with Crippen LogP contribution in [0.25, 0.3) is 0 Å². The van der Waals surface area contributed by atoms with E-state index in [1.807, 2.05) is 27.7 Å². The molecule has 0 bridgehead atoms. The van der Waals surface area contributed by atoms with Gasteiger partial charge in [-0.15, -0.1) is 12.4 Å². The van der Waals surface area contributed by atoms with Crippen molar-refractivity contribution in [3.05, 3.63) is 0 Å². The van der Waals surface area contributed by atoms with E-state index >= 15 is 0 Å². The molecule has 2 rings (SSSR count). The van der Waals surface area contributed by atoms with E-state index in [1.54, 1.807) is 0 Å². The SMILES string of the molecule is CCOC1CC(N)(C(=O)NC2CCOC2C)C1(C)C.Cl. The maximum Gasteiger partial charge on any atom is 0.241 e. The molecule has 0 aromatic heterocycles. The van der Waals surface area contributed by atoms with Gasteiger partial charge >= 0.3 is 0 Å². The molecule has 0 radical (unpaired) electrons. The zero-order valence-electron chi connectivity index (χ0n) is 12.8. The van der Waals surface area contributed by atoms with Crippen molar-refractivity contribution in [3.8, 4) is 0 Å². The highest BCUT2D eigenvalue weighted by Gasteiger charge is 2.63. The highest BCUT2D eigenvalue weighted by Crippen LogP contribution is 2.49. The second-order valence-electron chi connectivity index (χ2n) is 6.29. The third-order valence-corrected chi connectivity index (χ3v) is 4.93. The summed E-state index contributed by atoms with van der Waals surface area (Å²) in [5.41, 5.74) is 5.16. The summed E-state index contributed by atoms with van der Waals surface area (Å²) in [5, 5.41) is 3.04. The Morgan fingerprint density at radius 1 is 1.50 bits per heavy atom. The molecule has 5 nitrogen and oxygen atoms in total. The number of halogens is 1. The minimum absolute atomic E-state index is 0. The van der Waals surface area contributed by atoms with E-state index in [0.717, 1.165) is 6.42 Å². The lowest BCUT2D eigenvalue weighted by atomic mass is 9.54.